The van der Waals surface area contributed by atoms with Gasteiger partial charge in [-0.25, -0.2) is 0 Å². The minimum absolute atomic E-state index is 0.463. The van der Waals surface area contributed by atoms with E-state index in [0.717, 1.165) is 30.7 Å². The van der Waals surface area contributed by atoms with Gasteiger partial charge in [-0.2, -0.15) is 5.10 Å². The van der Waals surface area contributed by atoms with Gasteiger partial charge in [-0.1, -0.05) is 6.92 Å². The molecule has 3 heteroatoms. The maximum atomic E-state index is 4.74. The minimum Gasteiger partial charge on any atom is -0.313 e. The maximum absolute atomic E-state index is 4.74. The van der Waals surface area contributed by atoms with Crippen molar-refractivity contribution in [2.45, 2.75) is 65.0 Å². The molecule has 1 N–H and O–H groups in total. The van der Waals surface area contributed by atoms with Crippen LogP contribution in [0.2, 0.25) is 0 Å². The highest BCUT2D eigenvalue weighted by Crippen LogP contribution is 2.55. The second-order valence-corrected chi connectivity index (χ2v) is 7.13. The molecule has 0 aliphatic heterocycles. The zero-order valence-electron chi connectivity index (χ0n) is 13.2. The van der Waals surface area contributed by atoms with Gasteiger partial charge in [0, 0.05) is 24.7 Å². The zero-order valence-corrected chi connectivity index (χ0v) is 13.2. The molecule has 0 bridgehead atoms. The third-order valence-electron chi connectivity index (χ3n) is 5.13. The molecule has 3 unspecified atom stereocenters. The van der Waals surface area contributed by atoms with Gasteiger partial charge in [-0.15, -0.1) is 0 Å². The molecule has 20 heavy (non-hydrogen) atoms. The van der Waals surface area contributed by atoms with Crippen molar-refractivity contribution in [1.29, 1.82) is 0 Å². The number of aromatic nitrogens is 2. The van der Waals surface area contributed by atoms with Crippen LogP contribution in [0, 0.1) is 17.8 Å². The van der Waals surface area contributed by atoms with Crippen molar-refractivity contribution in [2.75, 3.05) is 6.54 Å². The number of nitrogens with one attached hydrogen (secondary N) is 1. The first-order valence-electron chi connectivity index (χ1n) is 8.44. The molecule has 0 aromatic carbocycles. The lowest BCUT2D eigenvalue weighted by Crippen LogP contribution is -2.38. The van der Waals surface area contributed by atoms with Crippen LogP contribution < -0.4 is 5.32 Å². The van der Waals surface area contributed by atoms with Crippen molar-refractivity contribution in [3.05, 3.63) is 18.0 Å². The van der Waals surface area contributed by atoms with E-state index in [1.807, 2.05) is 0 Å². The molecule has 3 rings (SSSR count). The van der Waals surface area contributed by atoms with Gasteiger partial charge in [0.25, 0.3) is 0 Å². The summed E-state index contributed by atoms with van der Waals surface area (Å²) in [5.74, 6) is 3.02. The molecule has 112 valence electrons. The highest BCUT2D eigenvalue weighted by atomic mass is 15.3. The van der Waals surface area contributed by atoms with E-state index < -0.39 is 0 Å². The molecule has 3 atom stereocenters. The summed E-state index contributed by atoms with van der Waals surface area (Å²) in [7, 11) is 0. The number of rotatable bonds is 7. The Balaban J connectivity index is 1.62. The van der Waals surface area contributed by atoms with Crippen molar-refractivity contribution in [3.63, 3.8) is 0 Å². The number of fused-ring (bicyclic) bond motifs is 1. The van der Waals surface area contributed by atoms with E-state index in [0.29, 0.717) is 12.1 Å². The smallest absolute Gasteiger partial charge is 0.0640 e. The predicted molar refractivity (Wildman–Crippen MR) is 82.7 cm³/mol. The Morgan fingerprint density at radius 2 is 2.05 bits per heavy atom. The van der Waals surface area contributed by atoms with Crippen LogP contribution in [0.4, 0.5) is 0 Å². The Morgan fingerprint density at radius 3 is 2.65 bits per heavy atom. The van der Waals surface area contributed by atoms with E-state index in [1.165, 1.54) is 31.4 Å². The molecule has 1 heterocycles. The molecular formula is C17H29N3. The summed E-state index contributed by atoms with van der Waals surface area (Å²) in [5, 5.41) is 8.53. The Labute approximate surface area is 123 Å². The van der Waals surface area contributed by atoms with Gasteiger partial charge in [0.05, 0.1) is 5.69 Å². The Hall–Kier alpha value is -0.830. The molecule has 2 saturated carbocycles. The van der Waals surface area contributed by atoms with Crippen molar-refractivity contribution < 1.29 is 0 Å². The van der Waals surface area contributed by atoms with Crippen LogP contribution >= 0.6 is 0 Å². The minimum atomic E-state index is 0.463. The molecule has 0 spiro atoms. The summed E-state index contributed by atoms with van der Waals surface area (Å²) in [4.78, 5) is 0. The van der Waals surface area contributed by atoms with Gasteiger partial charge in [-0.05, 0) is 69.9 Å². The van der Waals surface area contributed by atoms with Crippen LogP contribution in [0.3, 0.4) is 0 Å². The third-order valence-corrected chi connectivity index (χ3v) is 5.13. The van der Waals surface area contributed by atoms with E-state index in [1.54, 1.807) is 0 Å². The molecule has 2 aliphatic carbocycles. The summed E-state index contributed by atoms with van der Waals surface area (Å²) < 4.78 is 2.08. The summed E-state index contributed by atoms with van der Waals surface area (Å²) >= 11 is 0. The van der Waals surface area contributed by atoms with E-state index in [4.69, 9.17) is 5.10 Å². The van der Waals surface area contributed by atoms with Gasteiger partial charge in [-0.3, -0.25) is 4.68 Å². The topological polar surface area (TPSA) is 29.9 Å². The van der Waals surface area contributed by atoms with Crippen molar-refractivity contribution in [2.24, 2.45) is 17.8 Å². The van der Waals surface area contributed by atoms with E-state index >= 15 is 0 Å². The highest BCUT2D eigenvalue weighted by Gasteiger charge is 2.47. The molecule has 0 amide bonds. The fourth-order valence-electron chi connectivity index (χ4n) is 3.82. The molecular weight excluding hydrogens is 246 g/mol. The third kappa shape index (κ3) is 3.08. The summed E-state index contributed by atoms with van der Waals surface area (Å²) in [5.41, 5.74) is 1.26. The first-order valence-corrected chi connectivity index (χ1v) is 8.44. The molecule has 2 fully saturated rings. The van der Waals surface area contributed by atoms with E-state index in [-0.39, 0.29) is 0 Å². The zero-order chi connectivity index (χ0) is 14.1. The summed E-state index contributed by atoms with van der Waals surface area (Å²) in [6, 6.07) is 3.30. The number of hydrogen-bond donors (Lipinski definition) is 1. The Morgan fingerprint density at radius 1 is 1.30 bits per heavy atom. The van der Waals surface area contributed by atoms with Gasteiger partial charge < -0.3 is 5.32 Å². The fraction of sp³-hybridized carbons (Fsp3) is 0.824. The van der Waals surface area contributed by atoms with Crippen LogP contribution in [-0.4, -0.2) is 22.4 Å². The molecule has 0 saturated heterocycles. The fourth-order valence-corrected chi connectivity index (χ4v) is 3.82. The SMILES string of the molecule is CCCNC(Cc1ccn(C(C)C)n1)C1CC2CC2C1. The van der Waals surface area contributed by atoms with E-state index in [9.17, 15) is 0 Å². The molecule has 2 aliphatic rings. The standard InChI is InChI=1S/C17H29N3/c1-4-6-18-17(15-9-13-8-14(13)10-15)11-16-5-7-20(19-16)12(2)3/h5,7,12-15,17-18H,4,6,8-11H2,1-3H3. The average molecular weight is 275 g/mol. The maximum Gasteiger partial charge on any atom is 0.0640 e. The van der Waals surface area contributed by atoms with Gasteiger partial charge in [0.2, 0.25) is 0 Å². The quantitative estimate of drug-likeness (QED) is 0.826. The van der Waals surface area contributed by atoms with Crippen molar-refractivity contribution in [1.82, 2.24) is 15.1 Å². The van der Waals surface area contributed by atoms with Crippen LogP contribution in [-0.2, 0) is 6.42 Å². The lowest BCUT2D eigenvalue weighted by Gasteiger charge is -2.25. The van der Waals surface area contributed by atoms with Gasteiger partial charge >= 0.3 is 0 Å². The van der Waals surface area contributed by atoms with Gasteiger partial charge in [0.15, 0.2) is 0 Å². The first kappa shape index (κ1) is 14.1. The number of hydrogen-bond acceptors (Lipinski definition) is 2. The number of nitrogens with zero attached hydrogens (tertiary/aromatic N) is 2. The van der Waals surface area contributed by atoms with Crippen LogP contribution in [0.25, 0.3) is 0 Å². The summed E-state index contributed by atoms with van der Waals surface area (Å²) in [6.07, 6.45) is 8.87. The normalized spacial score (nSPS) is 29.7. The summed E-state index contributed by atoms with van der Waals surface area (Å²) in [6.45, 7) is 7.77. The Kier molecular flexibility index (Phi) is 4.16. The van der Waals surface area contributed by atoms with Crippen LogP contribution in [0.5, 0.6) is 0 Å². The van der Waals surface area contributed by atoms with Crippen LogP contribution in [0.1, 0.15) is 58.2 Å². The molecule has 0 radical (unpaired) electrons. The molecule has 1 aromatic rings. The average Bonchev–Trinajstić information content (AvgIpc) is 2.87. The second-order valence-electron chi connectivity index (χ2n) is 7.13. The largest absolute Gasteiger partial charge is 0.313 e. The van der Waals surface area contributed by atoms with Crippen LogP contribution in [0.15, 0.2) is 12.3 Å². The Bertz CT molecular complexity index is 427. The molecule has 3 nitrogen and oxygen atoms in total. The highest BCUT2D eigenvalue weighted by molar-refractivity contribution is 5.06. The molecule has 1 aromatic heterocycles. The van der Waals surface area contributed by atoms with E-state index in [2.05, 4.69) is 43.0 Å². The first-order chi connectivity index (χ1) is 9.67. The second kappa shape index (κ2) is 5.88. The van der Waals surface area contributed by atoms with Crippen molar-refractivity contribution in [3.8, 4) is 0 Å². The van der Waals surface area contributed by atoms with Crippen molar-refractivity contribution >= 4 is 0 Å². The monoisotopic (exact) mass is 275 g/mol. The lowest BCUT2D eigenvalue weighted by molar-refractivity contribution is 0.329. The predicted octanol–water partition coefficient (Wildman–Crippen LogP) is 3.42. The van der Waals surface area contributed by atoms with Gasteiger partial charge in [0.1, 0.15) is 0 Å². The lowest BCUT2D eigenvalue weighted by atomic mass is 9.91.